The van der Waals surface area contributed by atoms with Gasteiger partial charge in [-0.2, -0.15) is 13.2 Å². The van der Waals surface area contributed by atoms with Gasteiger partial charge in [0, 0.05) is 11.6 Å². The monoisotopic (exact) mass is 289 g/mol. The van der Waals surface area contributed by atoms with Gasteiger partial charge in [-0.3, -0.25) is 4.79 Å². The summed E-state index contributed by atoms with van der Waals surface area (Å²) < 4.78 is 37.6. The molecule has 1 heterocycles. The highest BCUT2D eigenvalue weighted by Gasteiger charge is 2.29. The molecule has 5 heteroatoms. The number of fused-ring (bicyclic) bond motifs is 1. The molecule has 0 unspecified atom stereocenters. The second kappa shape index (κ2) is 4.77. The number of halogens is 3. The molecule has 2 nitrogen and oxygen atoms in total. The summed E-state index contributed by atoms with van der Waals surface area (Å²) in [5, 5.41) is 0.826. The van der Waals surface area contributed by atoms with Crippen LogP contribution in [0.2, 0.25) is 0 Å². The largest absolute Gasteiger partial charge is 0.416 e. The predicted octanol–water partition coefficient (Wildman–Crippen LogP) is 4.21. The predicted molar refractivity (Wildman–Crippen MR) is 75.0 cm³/mol. The summed E-state index contributed by atoms with van der Waals surface area (Å²) in [6.45, 7) is 0. The molecule has 3 aromatic rings. The molecule has 0 radical (unpaired) electrons. The molecule has 21 heavy (non-hydrogen) atoms. The number of aromatic nitrogens is 1. The van der Waals surface area contributed by atoms with Crippen molar-refractivity contribution in [1.29, 1.82) is 0 Å². The minimum Gasteiger partial charge on any atom is -0.322 e. The van der Waals surface area contributed by atoms with E-state index in [1.807, 2.05) is 6.07 Å². The van der Waals surface area contributed by atoms with E-state index >= 15 is 0 Å². The third-order valence-electron chi connectivity index (χ3n) is 3.27. The van der Waals surface area contributed by atoms with Crippen LogP contribution in [0, 0.1) is 0 Å². The van der Waals surface area contributed by atoms with Crippen molar-refractivity contribution >= 4 is 10.9 Å². The molecular formula is C16H10F3NO. The number of hydrogen-bond donors (Lipinski definition) is 1. The Balaban J connectivity index is 2.04. The fraction of sp³-hybridized carbons (Fsp3) is 0.0625. The van der Waals surface area contributed by atoms with Gasteiger partial charge in [-0.05, 0) is 46.8 Å². The van der Waals surface area contributed by atoms with E-state index < -0.39 is 11.7 Å². The van der Waals surface area contributed by atoms with Gasteiger partial charge in [-0.25, -0.2) is 0 Å². The molecule has 0 atom stereocenters. The van der Waals surface area contributed by atoms with Gasteiger partial charge >= 0.3 is 6.18 Å². The Bertz CT molecular complexity index is 848. The number of rotatable bonds is 1. The zero-order valence-electron chi connectivity index (χ0n) is 10.7. The van der Waals surface area contributed by atoms with Crippen molar-refractivity contribution in [3.05, 3.63) is 70.5 Å². The number of nitrogens with one attached hydrogen (secondary N) is 1. The highest BCUT2D eigenvalue weighted by atomic mass is 19.4. The van der Waals surface area contributed by atoms with E-state index in [1.165, 1.54) is 18.2 Å². The molecule has 0 fully saturated rings. The Morgan fingerprint density at radius 2 is 1.48 bits per heavy atom. The summed E-state index contributed by atoms with van der Waals surface area (Å²) in [7, 11) is 0. The van der Waals surface area contributed by atoms with Gasteiger partial charge in [0.1, 0.15) is 0 Å². The first-order chi connectivity index (χ1) is 9.93. The van der Waals surface area contributed by atoms with Crippen molar-refractivity contribution < 1.29 is 13.2 Å². The van der Waals surface area contributed by atoms with Crippen molar-refractivity contribution in [2.24, 2.45) is 0 Å². The average molecular weight is 289 g/mol. The molecule has 1 N–H and O–H groups in total. The van der Waals surface area contributed by atoms with Gasteiger partial charge in [0.25, 0.3) is 0 Å². The molecule has 0 saturated carbocycles. The number of aromatic amines is 1. The smallest absolute Gasteiger partial charge is 0.322 e. The van der Waals surface area contributed by atoms with E-state index in [2.05, 4.69) is 4.98 Å². The summed E-state index contributed by atoms with van der Waals surface area (Å²) in [5.74, 6) is 0. The third-order valence-corrected chi connectivity index (χ3v) is 3.27. The number of H-pyrrole nitrogens is 1. The number of alkyl halides is 3. The molecule has 0 spiro atoms. The molecule has 3 rings (SSSR count). The van der Waals surface area contributed by atoms with Crippen molar-refractivity contribution in [1.82, 2.24) is 4.98 Å². The molecule has 1 aromatic heterocycles. The van der Waals surface area contributed by atoms with E-state index in [0.717, 1.165) is 23.1 Å². The van der Waals surface area contributed by atoms with Crippen LogP contribution in [0.3, 0.4) is 0 Å². The summed E-state index contributed by atoms with van der Waals surface area (Å²) >= 11 is 0. The van der Waals surface area contributed by atoms with Gasteiger partial charge in [-0.15, -0.1) is 0 Å². The van der Waals surface area contributed by atoms with Crippen LogP contribution in [0.5, 0.6) is 0 Å². The third kappa shape index (κ3) is 2.67. The van der Waals surface area contributed by atoms with Crippen LogP contribution >= 0.6 is 0 Å². The lowest BCUT2D eigenvalue weighted by Gasteiger charge is -2.08. The summed E-state index contributed by atoms with van der Waals surface area (Å²) in [6, 6.07) is 13.4. The minimum absolute atomic E-state index is 0.190. The zero-order valence-corrected chi connectivity index (χ0v) is 10.7. The summed E-state index contributed by atoms with van der Waals surface area (Å²) in [6.07, 6.45) is -4.33. The normalized spacial score (nSPS) is 11.8. The van der Waals surface area contributed by atoms with Crippen molar-refractivity contribution in [3.8, 4) is 11.1 Å². The standard InChI is InChI=1S/C16H10F3NO/c17-16(18,19)13-5-1-10(2-6-13)11-3-7-14-12(9-11)4-8-15(21)20-14/h1-9H,(H,20,21). The van der Waals surface area contributed by atoms with E-state index in [0.29, 0.717) is 11.1 Å². The van der Waals surface area contributed by atoms with Crippen LogP contribution in [-0.2, 0) is 6.18 Å². The topological polar surface area (TPSA) is 32.9 Å². The highest BCUT2D eigenvalue weighted by Crippen LogP contribution is 2.31. The Labute approximate surface area is 117 Å². The molecule has 106 valence electrons. The van der Waals surface area contributed by atoms with Crippen molar-refractivity contribution in [3.63, 3.8) is 0 Å². The van der Waals surface area contributed by atoms with Crippen LogP contribution in [0.4, 0.5) is 13.2 Å². The first kappa shape index (κ1) is 13.4. The quantitative estimate of drug-likeness (QED) is 0.715. The maximum Gasteiger partial charge on any atom is 0.416 e. The van der Waals surface area contributed by atoms with Crippen LogP contribution in [0.15, 0.2) is 59.4 Å². The first-order valence-electron chi connectivity index (χ1n) is 6.24. The van der Waals surface area contributed by atoms with Crippen molar-refractivity contribution in [2.75, 3.05) is 0 Å². The van der Waals surface area contributed by atoms with E-state index in [-0.39, 0.29) is 5.56 Å². The average Bonchev–Trinajstić information content (AvgIpc) is 2.46. The molecule has 0 bridgehead atoms. The van der Waals surface area contributed by atoms with Gasteiger partial charge in [0.05, 0.1) is 5.56 Å². The molecule has 0 aliphatic rings. The lowest BCUT2D eigenvalue weighted by atomic mass is 10.0. The second-order valence-corrected chi connectivity index (χ2v) is 4.70. The maximum absolute atomic E-state index is 12.5. The van der Waals surface area contributed by atoms with E-state index in [9.17, 15) is 18.0 Å². The van der Waals surface area contributed by atoms with Crippen LogP contribution in [0.25, 0.3) is 22.0 Å². The van der Waals surface area contributed by atoms with Gasteiger partial charge in [0.15, 0.2) is 0 Å². The minimum atomic E-state index is -4.33. The Kier molecular flexibility index (Phi) is 3.05. The maximum atomic E-state index is 12.5. The highest BCUT2D eigenvalue weighted by molar-refractivity contribution is 5.84. The first-order valence-corrected chi connectivity index (χ1v) is 6.24. The second-order valence-electron chi connectivity index (χ2n) is 4.70. The molecule has 0 aliphatic carbocycles. The molecule has 0 saturated heterocycles. The molecule has 2 aromatic carbocycles. The van der Waals surface area contributed by atoms with Crippen LogP contribution in [-0.4, -0.2) is 4.98 Å². The van der Waals surface area contributed by atoms with E-state index in [4.69, 9.17) is 0 Å². The molecule has 0 amide bonds. The number of hydrogen-bond acceptors (Lipinski definition) is 1. The Morgan fingerprint density at radius 3 is 2.14 bits per heavy atom. The van der Waals surface area contributed by atoms with Crippen molar-refractivity contribution in [2.45, 2.75) is 6.18 Å². The van der Waals surface area contributed by atoms with Crippen LogP contribution < -0.4 is 5.56 Å². The number of pyridine rings is 1. The lowest BCUT2D eigenvalue weighted by Crippen LogP contribution is -2.04. The SMILES string of the molecule is O=c1ccc2cc(-c3ccc(C(F)(F)F)cc3)ccc2[nH]1. The summed E-state index contributed by atoms with van der Waals surface area (Å²) in [4.78, 5) is 13.9. The van der Waals surface area contributed by atoms with Gasteiger partial charge in [-0.1, -0.05) is 18.2 Å². The Hall–Kier alpha value is -2.56. The van der Waals surface area contributed by atoms with Crippen LogP contribution in [0.1, 0.15) is 5.56 Å². The lowest BCUT2D eigenvalue weighted by molar-refractivity contribution is -0.137. The molecule has 0 aliphatic heterocycles. The van der Waals surface area contributed by atoms with Gasteiger partial charge < -0.3 is 4.98 Å². The Morgan fingerprint density at radius 1 is 0.810 bits per heavy atom. The van der Waals surface area contributed by atoms with Gasteiger partial charge in [0.2, 0.25) is 5.56 Å². The fourth-order valence-corrected chi connectivity index (χ4v) is 2.19. The number of benzene rings is 2. The fourth-order valence-electron chi connectivity index (χ4n) is 2.19. The van der Waals surface area contributed by atoms with E-state index in [1.54, 1.807) is 18.2 Å². The molecular weight excluding hydrogens is 279 g/mol. The zero-order chi connectivity index (χ0) is 15.0. The summed E-state index contributed by atoms with van der Waals surface area (Å²) in [5.41, 5.74) is 1.32.